The van der Waals surface area contributed by atoms with Gasteiger partial charge in [-0.1, -0.05) is 0 Å². The topological polar surface area (TPSA) is 95.2 Å². The van der Waals surface area contributed by atoms with Gasteiger partial charge in [0.05, 0.1) is 29.4 Å². The second kappa shape index (κ2) is 5.32. The van der Waals surface area contributed by atoms with Crippen LogP contribution < -0.4 is 9.95 Å². The predicted octanol–water partition coefficient (Wildman–Crippen LogP) is -0.650. The molecule has 0 saturated heterocycles. The zero-order valence-electron chi connectivity index (χ0n) is 8.17. The van der Waals surface area contributed by atoms with Gasteiger partial charge in [-0.05, 0) is 12.2 Å². The fourth-order valence-corrected chi connectivity index (χ4v) is 2.97. The van der Waals surface area contributed by atoms with E-state index in [-0.39, 0.29) is 12.3 Å². The van der Waals surface area contributed by atoms with Gasteiger partial charge in [-0.25, -0.2) is 9.12 Å². The van der Waals surface area contributed by atoms with Crippen molar-refractivity contribution in [2.24, 2.45) is 4.40 Å². The average molecular weight is 260 g/mol. The Balaban J connectivity index is 2.26. The van der Waals surface area contributed by atoms with Crippen LogP contribution in [-0.2, 0) is 0 Å². The molecule has 0 radical (unpaired) electrons. The van der Waals surface area contributed by atoms with Crippen LogP contribution in [0.1, 0.15) is 0 Å². The Morgan fingerprint density at radius 2 is 2.38 bits per heavy atom. The van der Waals surface area contributed by atoms with E-state index in [9.17, 15) is 10.4 Å². The molecule has 1 unspecified atom stereocenters. The highest BCUT2D eigenvalue weighted by Crippen LogP contribution is 2.28. The van der Waals surface area contributed by atoms with Gasteiger partial charge in [0, 0.05) is 5.75 Å². The number of hydrogen-bond acceptors (Lipinski definition) is 7. The molecule has 8 heteroatoms. The fourth-order valence-electron chi connectivity index (χ4n) is 1.47. The summed E-state index contributed by atoms with van der Waals surface area (Å²) in [5.74, 6) is 0.461. The molecule has 0 saturated carbocycles. The molecule has 0 aromatic heterocycles. The molecular formula is C8H10N3O3S2-. The molecule has 16 heavy (non-hydrogen) atoms. The van der Waals surface area contributed by atoms with Gasteiger partial charge in [-0.2, -0.15) is 0 Å². The minimum absolute atomic E-state index is 0.0100. The summed E-state index contributed by atoms with van der Waals surface area (Å²) in [6, 6.07) is -0.402. The van der Waals surface area contributed by atoms with E-state index in [0.717, 1.165) is 12.1 Å². The summed E-state index contributed by atoms with van der Waals surface area (Å²) < 4.78 is 6.96. The second-order valence-corrected chi connectivity index (χ2v) is 4.87. The minimum Gasteiger partial charge on any atom is -0.628 e. The molecule has 1 heterocycles. The van der Waals surface area contributed by atoms with Gasteiger partial charge in [-0.3, -0.25) is 0 Å². The number of fused-ring (bicyclic) bond motifs is 1. The summed E-state index contributed by atoms with van der Waals surface area (Å²) in [7, 11) is 0. The number of hydroxylamine groups is 2. The van der Waals surface area contributed by atoms with Crippen molar-refractivity contribution in [3.63, 3.8) is 0 Å². The normalized spacial score (nSPS) is 24.0. The van der Waals surface area contributed by atoms with E-state index < -0.39 is 11.3 Å². The zero-order chi connectivity index (χ0) is 11.5. The SMILES string of the molecule is [O-][NH+]([O-])C1=C(SCCO)C=CC2=NSNC21. The first-order chi connectivity index (χ1) is 7.74. The first-order valence-electron chi connectivity index (χ1n) is 4.60. The number of quaternary nitrogens is 1. The molecule has 2 rings (SSSR count). The van der Waals surface area contributed by atoms with Crippen LogP contribution in [0.3, 0.4) is 0 Å². The van der Waals surface area contributed by atoms with Gasteiger partial charge in [-0.15, -0.1) is 11.8 Å². The van der Waals surface area contributed by atoms with Crippen LogP contribution in [0.25, 0.3) is 0 Å². The van der Waals surface area contributed by atoms with E-state index in [0.29, 0.717) is 16.4 Å². The smallest absolute Gasteiger partial charge is 0.145 e. The Labute approximate surface area is 101 Å². The molecule has 0 aromatic carbocycles. The molecule has 6 nitrogen and oxygen atoms in total. The molecule has 0 amide bonds. The lowest BCUT2D eigenvalue weighted by molar-refractivity contribution is -0.749. The maximum Gasteiger partial charge on any atom is 0.145 e. The van der Waals surface area contributed by atoms with Gasteiger partial charge in [0.15, 0.2) is 0 Å². The third-order valence-corrected chi connectivity index (χ3v) is 3.84. The van der Waals surface area contributed by atoms with Crippen molar-refractivity contribution in [1.29, 1.82) is 0 Å². The van der Waals surface area contributed by atoms with Crippen LogP contribution in [0, 0.1) is 10.4 Å². The van der Waals surface area contributed by atoms with E-state index in [4.69, 9.17) is 5.11 Å². The van der Waals surface area contributed by atoms with Crippen LogP contribution in [0.4, 0.5) is 0 Å². The highest BCUT2D eigenvalue weighted by atomic mass is 32.2. The van der Waals surface area contributed by atoms with Crippen molar-refractivity contribution in [3.05, 3.63) is 33.2 Å². The van der Waals surface area contributed by atoms with Crippen molar-refractivity contribution >= 4 is 29.6 Å². The molecule has 1 aliphatic carbocycles. The summed E-state index contributed by atoms with van der Waals surface area (Å²) in [5, 5.41) is 29.7. The summed E-state index contributed by atoms with van der Waals surface area (Å²) in [5.41, 5.74) is 0.891. The molecule has 0 aromatic rings. The number of aliphatic hydroxyl groups is 1. The predicted molar refractivity (Wildman–Crippen MR) is 65.4 cm³/mol. The number of nitrogens with zero attached hydrogens (tertiary/aromatic N) is 1. The van der Waals surface area contributed by atoms with E-state index >= 15 is 0 Å². The van der Waals surface area contributed by atoms with E-state index in [1.54, 1.807) is 12.2 Å². The maximum atomic E-state index is 11.1. The van der Waals surface area contributed by atoms with Crippen LogP contribution in [0.15, 0.2) is 27.2 Å². The van der Waals surface area contributed by atoms with Crippen molar-refractivity contribution in [1.82, 2.24) is 4.72 Å². The lowest BCUT2D eigenvalue weighted by Gasteiger charge is -2.33. The standard InChI is InChI=1S/C8H10N3O3S2/c12-3-4-15-6-2-1-5-7(10-16-9-5)8(6)11(13)14/h1-2,7,10-12H,3-4H2/q-1. The molecule has 0 bridgehead atoms. The highest BCUT2D eigenvalue weighted by molar-refractivity contribution is 8.03. The van der Waals surface area contributed by atoms with Crippen LogP contribution >= 0.6 is 23.9 Å². The summed E-state index contributed by atoms with van der Waals surface area (Å²) in [6.07, 6.45) is 3.48. The number of allylic oxidation sites excluding steroid dienone is 1. The molecular weight excluding hydrogens is 250 g/mol. The molecule has 3 N–H and O–H groups in total. The van der Waals surface area contributed by atoms with Gasteiger partial charge in [0.25, 0.3) is 0 Å². The molecule has 1 aliphatic heterocycles. The molecule has 0 fully saturated rings. The average Bonchev–Trinajstić information content (AvgIpc) is 2.72. The number of rotatable bonds is 4. The third-order valence-electron chi connectivity index (χ3n) is 2.15. The molecule has 88 valence electrons. The van der Waals surface area contributed by atoms with E-state index in [1.807, 2.05) is 0 Å². The fraction of sp³-hybridized carbons (Fsp3) is 0.375. The van der Waals surface area contributed by atoms with Crippen molar-refractivity contribution < 1.29 is 10.3 Å². The Kier molecular flexibility index (Phi) is 4.03. The van der Waals surface area contributed by atoms with Gasteiger partial charge < -0.3 is 20.7 Å². The number of thioether (sulfide) groups is 1. The van der Waals surface area contributed by atoms with E-state index in [2.05, 4.69) is 9.12 Å². The Morgan fingerprint density at radius 1 is 1.56 bits per heavy atom. The van der Waals surface area contributed by atoms with Crippen LogP contribution in [0.2, 0.25) is 0 Å². The lowest BCUT2D eigenvalue weighted by Crippen LogP contribution is -3.02. The van der Waals surface area contributed by atoms with Crippen molar-refractivity contribution in [2.75, 3.05) is 12.4 Å². The summed E-state index contributed by atoms with van der Waals surface area (Å²) in [4.78, 5) is 0.619. The van der Waals surface area contributed by atoms with Crippen molar-refractivity contribution in [3.8, 4) is 0 Å². The summed E-state index contributed by atoms with van der Waals surface area (Å²) >= 11 is 2.43. The second-order valence-electron chi connectivity index (χ2n) is 3.13. The maximum absolute atomic E-state index is 11.1. The zero-order valence-corrected chi connectivity index (χ0v) is 9.81. The van der Waals surface area contributed by atoms with Crippen LogP contribution in [0.5, 0.6) is 0 Å². The first kappa shape index (κ1) is 12.1. The number of hydrogen-bond donors (Lipinski definition) is 3. The first-order valence-corrected chi connectivity index (χ1v) is 6.36. The minimum atomic E-state index is -1.20. The molecule has 1 atom stereocenters. The summed E-state index contributed by atoms with van der Waals surface area (Å²) in [6.45, 7) is 0.0100. The third kappa shape index (κ3) is 2.33. The van der Waals surface area contributed by atoms with Crippen LogP contribution in [-0.4, -0.2) is 29.2 Å². The highest BCUT2D eigenvalue weighted by Gasteiger charge is 2.32. The number of aliphatic hydroxyl groups excluding tert-OH is 1. The van der Waals surface area contributed by atoms with Gasteiger partial charge >= 0.3 is 0 Å². The monoisotopic (exact) mass is 260 g/mol. The Morgan fingerprint density at radius 3 is 3.06 bits per heavy atom. The van der Waals surface area contributed by atoms with Crippen molar-refractivity contribution in [2.45, 2.75) is 6.04 Å². The molecule has 2 aliphatic rings. The van der Waals surface area contributed by atoms with E-state index in [1.165, 1.54) is 11.8 Å². The quantitative estimate of drug-likeness (QED) is 0.459. The Bertz CT molecular complexity index is 368. The molecule has 0 spiro atoms. The van der Waals surface area contributed by atoms with Gasteiger partial charge in [0.2, 0.25) is 0 Å². The van der Waals surface area contributed by atoms with Gasteiger partial charge in [0.1, 0.15) is 11.7 Å². The lowest BCUT2D eigenvalue weighted by atomic mass is 10.0. The Hall–Kier alpha value is -0.350. The largest absolute Gasteiger partial charge is 0.628 e. The number of nitrogens with one attached hydrogen (secondary N) is 2.